The van der Waals surface area contributed by atoms with Crippen LogP contribution in [-0.2, 0) is 0 Å². The molecule has 2 rings (SSSR count). The highest BCUT2D eigenvalue weighted by atomic mass is 16.5. The maximum Gasteiger partial charge on any atom is 0.119 e. The molecule has 1 aliphatic rings. The lowest BCUT2D eigenvalue weighted by Gasteiger charge is -2.25. The van der Waals surface area contributed by atoms with Crippen LogP contribution in [0, 0.1) is 6.92 Å². The lowest BCUT2D eigenvalue weighted by molar-refractivity contribution is 0.196. The molecule has 1 N–H and O–H groups in total. The molecule has 0 bridgehead atoms. The number of rotatable bonds is 8. The van der Waals surface area contributed by atoms with Crippen LogP contribution in [0.5, 0.6) is 5.75 Å². The molecule has 0 aliphatic carbocycles. The van der Waals surface area contributed by atoms with Crippen LogP contribution in [0.2, 0.25) is 0 Å². The molecule has 1 atom stereocenters. The number of aryl methyl sites for hydroxylation is 1. The third-order valence-corrected chi connectivity index (χ3v) is 3.85. The van der Waals surface area contributed by atoms with E-state index in [2.05, 4.69) is 42.3 Å². The molecule has 1 aromatic carbocycles. The maximum absolute atomic E-state index is 5.87. The molecule has 0 radical (unpaired) electrons. The van der Waals surface area contributed by atoms with Crippen molar-refractivity contribution in [3.63, 3.8) is 0 Å². The van der Waals surface area contributed by atoms with E-state index < -0.39 is 0 Å². The van der Waals surface area contributed by atoms with Crippen molar-refractivity contribution in [2.24, 2.45) is 0 Å². The molecule has 0 amide bonds. The maximum atomic E-state index is 5.87. The van der Waals surface area contributed by atoms with E-state index in [4.69, 9.17) is 4.74 Å². The fourth-order valence-corrected chi connectivity index (χ4v) is 2.83. The summed E-state index contributed by atoms with van der Waals surface area (Å²) in [5, 5.41) is 3.58. The third-order valence-electron chi connectivity index (χ3n) is 3.85. The van der Waals surface area contributed by atoms with E-state index in [0.29, 0.717) is 6.04 Å². The van der Waals surface area contributed by atoms with Crippen LogP contribution in [0.25, 0.3) is 0 Å². The molecule has 1 saturated heterocycles. The van der Waals surface area contributed by atoms with Crippen LogP contribution in [-0.4, -0.2) is 43.7 Å². The number of hydrogen-bond acceptors (Lipinski definition) is 3. The Morgan fingerprint density at radius 2 is 2.25 bits per heavy atom. The summed E-state index contributed by atoms with van der Waals surface area (Å²) in [6.07, 6.45) is 3.85. The summed E-state index contributed by atoms with van der Waals surface area (Å²) in [6.45, 7) is 9.64. The minimum Gasteiger partial charge on any atom is -0.492 e. The molecule has 20 heavy (non-hydrogen) atoms. The topological polar surface area (TPSA) is 24.5 Å². The van der Waals surface area contributed by atoms with Gasteiger partial charge < -0.3 is 10.1 Å². The minimum absolute atomic E-state index is 0.681. The Kier molecular flexibility index (Phi) is 6.34. The molecule has 1 aliphatic heterocycles. The molecule has 1 unspecified atom stereocenters. The second-order valence-corrected chi connectivity index (χ2v) is 5.76. The highest BCUT2D eigenvalue weighted by molar-refractivity contribution is 5.27. The Bertz CT molecular complexity index is 388. The lowest BCUT2D eigenvalue weighted by atomic mass is 10.2. The Labute approximate surface area is 123 Å². The predicted molar refractivity (Wildman–Crippen MR) is 84.4 cm³/mol. The van der Waals surface area contributed by atoms with Crippen LogP contribution in [0.4, 0.5) is 0 Å². The van der Waals surface area contributed by atoms with Gasteiger partial charge in [0.2, 0.25) is 0 Å². The van der Waals surface area contributed by atoms with Gasteiger partial charge in [0.1, 0.15) is 12.4 Å². The molecule has 0 saturated carbocycles. The van der Waals surface area contributed by atoms with Crippen LogP contribution in [0.1, 0.15) is 31.7 Å². The Balaban J connectivity index is 1.73. The van der Waals surface area contributed by atoms with Gasteiger partial charge in [0.25, 0.3) is 0 Å². The van der Waals surface area contributed by atoms with Crippen molar-refractivity contribution >= 4 is 0 Å². The standard InChI is InChI=1S/C17H28N2O/c1-3-10-19(14-16-7-5-9-18-16)11-12-20-17-8-4-6-15(2)13-17/h4,6,8,13,16,18H,3,5,7,9-12,14H2,1-2H3. The molecule has 3 nitrogen and oxygen atoms in total. The first kappa shape index (κ1) is 15.3. The van der Waals surface area contributed by atoms with Crippen LogP contribution < -0.4 is 10.1 Å². The van der Waals surface area contributed by atoms with Gasteiger partial charge in [-0.1, -0.05) is 19.1 Å². The normalized spacial score (nSPS) is 18.6. The van der Waals surface area contributed by atoms with Crippen molar-refractivity contribution < 1.29 is 4.74 Å². The van der Waals surface area contributed by atoms with Crippen molar-refractivity contribution in [2.45, 2.75) is 39.2 Å². The molecule has 3 heteroatoms. The molecule has 1 heterocycles. The Morgan fingerprint density at radius 3 is 2.95 bits per heavy atom. The van der Waals surface area contributed by atoms with Crippen molar-refractivity contribution in [1.82, 2.24) is 10.2 Å². The first-order chi connectivity index (χ1) is 9.78. The van der Waals surface area contributed by atoms with Gasteiger partial charge in [-0.15, -0.1) is 0 Å². The zero-order valence-corrected chi connectivity index (χ0v) is 12.9. The average Bonchev–Trinajstić information content (AvgIpc) is 2.92. The van der Waals surface area contributed by atoms with E-state index in [-0.39, 0.29) is 0 Å². The monoisotopic (exact) mass is 276 g/mol. The second-order valence-electron chi connectivity index (χ2n) is 5.76. The molecule has 112 valence electrons. The van der Waals surface area contributed by atoms with E-state index in [1.807, 2.05) is 6.07 Å². The number of ether oxygens (including phenoxy) is 1. The summed E-state index contributed by atoms with van der Waals surface area (Å²) in [4.78, 5) is 2.53. The summed E-state index contributed by atoms with van der Waals surface area (Å²) >= 11 is 0. The molecule has 1 fully saturated rings. The Morgan fingerprint density at radius 1 is 1.35 bits per heavy atom. The summed E-state index contributed by atoms with van der Waals surface area (Å²) in [7, 11) is 0. The lowest BCUT2D eigenvalue weighted by Crippen LogP contribution is -2.39. The number of nitrogens with zero attached hydrogens (tertiary/aromatic N) is 1. The number of nitrogens with one attached hydrogen (secondary N) is 1. The van der Waals surface area contributed by atoms with Crippen LogP contribution >= 0.6 is 0 Å². The summed E-state index contributed by atoms with van der Waals surface area (Å²) < 4.78 is 5.87. The first-order valence-electron chi connectivity index (χ1n) is 7.93. The largest absolute Gasteiger partial charge is 0.492 e. The van der Waals surface area contributed by atoms with Gasteiger partial charge >= 0.3 is 0 Å². The van der Waals surface area contributed by atoms with Gasteiger partial charge in [-0.25, -0.2) is 0 Å². The SMILES string of the molecule is CCCN(CCOc1cccc(C)c1)CC1CCCN1. The van der Waals surface area contributed by atoms with E-state index in [9.17, 15) is 0 Å². The molecule has 0 spiro atoms. The van der Waals surface area contributed by atoms with E-state index in [1.54, 1.807) is 0 Å². The summed E-state index contributed by atoms with van der Waals surface area (Å²) in [5.41, 5.74) is 1.25. The van der Waals surface area contributed by atoms with Gasteiger partial charge in [-0.05, 0) is 57.0 Å². The second kappa shape index (κ2) is 8.28. The van der Waals surface area contributed by atoms with Gasteiger partial charge in [-0.2, -0.15) is 0 Å². The fraction of sp³-hybridized carbons (Fsp3) is 0.647. The Hall–Kier alpha value is -1.06. The quantitative estimate of drug-likeness (QED) is 0.790. The minimum atomic E-state index is 0.681. The van der Waals surface area contributed by atoms with Crippen molar-refractivity contribution in [1.29, 1.82) is 0 Å². The molecular formula is C17H28N2O. The van der Waals surface area contributed by atoms with E-state index >= 15 is 0 Å². The summed E-state index contributed by atoms with van der Waals surface area (Å²) in [6, 6.07) is 8.97. The van der Waals surface area contributed by atoms with E-state index in [0.717, 1.165) is 32.0 Å². The number of benzene rings is 1. The van der Waals surface area contributed by atoms with Crippen LogP contribution in [0.15, 0.2) is 24.3 Å². The first-order valence-corrected chi connectivity index (χ1v) is 7.93. The van der Waals surface area contributed by atoms with Gasteiger partial charge in [-0.3, -0.25) is 4.90 Å². The van der Waals surface area contributed by atoms with Gasteiger partial charge in [0, 0.05) is 19.1 Å². The van der Waals surface area contributed by atoms with Gasteiger partial charge in [0.15, 0.2) is 0 Å². The van der Waals surface area contributed by atoms with Crippen molar-refractivity contribution in [2.75, 3.05) is 32.8 Å². The molecular weight excluding hydrogens is 248 g/mol. The number of hydrogen-bond donors (Lipinski definition) is 1. The van der Waals surface area contributed by atoms with Crippen molar-refractivity contribution in [3.05, 3.63) is 29.8 Å². The smallest absolute Gasteiger partial charge is 0.119 e. The zero-order chi connectivity index (χ0) is 14.2. The summed E-state index contributed by atoms with van der Waals surface area (Å²) in [5.74, 6) is 0.987. The van der Waals surface area contributed by atoms with E-state index in [1.165, 1.54) is 31.4 Å². The highest BCUT2D eigenvalue weighted by Gasteiger charge is 2.17. The third kappa shape index (κ3) is 5.14. The molecule has 0 aromatic heterocycles. The zero-order valence-electron chi connectivity index (χ0n) is 12.9. The fourth-order valence-electron chi connectivity index (χ4n) is 2.83. The highest BCUT2D eigenvalue weighted by Crippen LogP contribution is 2.12. The van der Waals surface area contributed by atoms with Gasteiger partial charge in [0.05, 0.1) is 0 Å². The van der Waals surface area contributed by atoms with Crippen LogP contribution in [0.3, 0.4) is 0 Å². The predicted octanol–water partition coefficient (Wildman–Crippen LogP) is 2.84. The molecule has 1 aromatic rings. The average molecular weight is 276 g/mol. The van der Waals surface area contributed by atoms with Crippen molar-refractivity contribution in [3.8, 4) is 5.75 Å².